The van der Waals surface area contributed by atoms with Gasteiger partial charge in [-0.15, -0.1) is 0 Å². The molecule has 1 aliphatic heterocycles. The molecule has 0 aromatic carbocycles. The Kier molecular flexibility index (Phi) is 2.89. The SMILES string of the molecule is CC(=O)C(C)(C)[C@@H]1CCCNC1. The van der Waals surface area contributed by atoms with Crippen molar-refractivity contribution in [2.24, 2.45) is 11.3 Å². The normalized spacial score (nSPS) is 25.4. The Morgan fingerprint density at radius 1 is 1.50 bits per heavy atom. The molecule has 70 valence electrons. The molecule has 1 heterocycles. The lowest BCUT2D eigenvalue weighted by molar-refractivity contribution is -0.127. The van der Waals surface area contributed by atoms with Gasteiger partial charge in [0.25, 0.3) is 0 Å². The summed E-state index contributed by atoms with van der Waals surface area (Å²) in [4.78, 5) is 11.3. The van der Waals surface area contributed by atoms with Crippen LogP contribution in [0.15, 0.2) is 0 Å². The van der Waals surface area contributed by atoms with Gasteiger partial charge in [0.2, 0.25) is 0 Å². The molecule has 1 atom stereocenters. The van der Waals surface area contributed by atoms with Crippen LogP contribution < -0.4 is 5.32 Å². The van der Waals surface area contributed by atoms with Gasteiger partial charge < -0.3 is 5.32 Å². The van der Waals surface area contributed by atoms with Crippen molar-refractivity contribution in [3.8, 4) is 0 Å². The monoisotopic (exact) mass is 169 g/mol. The second-order valence-corrected chi connectivity index (χ2v) is 4.32. The van der Waals surface area contributed by atoms with Crippen LogP contribution in [0.3, 0.4) is 0 Å². The number of carbonyl (C=O) groups excluding carboxylic acids is 1. The first-order chi connectivity index (χ1) is 5.55. The number of ketones is 1. The van der Waals surface area contributed by atoms with Crippen LogP contribution in [0.5, 0.6) is 0 Å². The van der Waals surface area contributed by atoms with Crippen LogP contribution in [0.1, 0.15) is 33.6 Å². The second kappa shape index (κ2) is 3.56. The van der Waals surface area contributed by atoms with E-state index in [-0.39, 0.29) is 5.41 Å². The van der Waals surface area contributed by atoms with Crippen molar-refractivity contribution in [3.63, 3.8) is 0 Å². The lowest BCUT2D eigenvalue weighted by Gasteiger charge is -2.35. The molecular weight excluding hydrogens is 150 g/mol. The third kappa shape index (κ3) is 1.86. The number of piperidine rings is 1. The quantitative estimate of drug-likeness (QED) is 0.680. The van der Waals surface area contributed by atoms with Crippen molar-refractivity contribution in [3.05, 3.63) is 0 Å². The highest BCUT2D eigenvalue weighted by atomic mass is 16.1. The molecule has 0 amide bonds. The van der Waals surface area contributed by atoms with Crippen LogP contribution in [-0.4, -0.2) is 18.9 Å². The third-order valence-corrected chi connectivity index (χ3v) is 3.22. The molecule has 1 N–H and O–H groups in total. The van der Waals surface area contributed by atoms with E-state index in [4.69, 9.17) is 0 Å². The molecular formula is C10H19NO. The minimum Gasteiger partial charge on any atom is -0.316 e. The molecule has 0 unspecified atom stereocenters. The van der Waals surface area contributed by atoms with Crippen molar-refractivity contribution < 1.29 is 4.79 Å². The van der Waals surface area contributed by atoms with Crippen LogP contribution in [-0.2, 0) is 4.79 Å². The fraction of sp³-hybridized carbons (Fsp3) is 0.900. The van der Waals surface area contributed by atoms with E-state index in [1.165, 1.54) is 12.8 Å². The molecule has 1 aliphatic rings. The molecule has 0 aromatic heterocycles. The van der Waals surface area contributed by atoms with Gasteiger partial charge in [-0.3, -0.25) is 4.79 Å². The van der Waals surface area contributed by atoms with Crippen molar-refractivity contribution in [1.29, 1.82) is 0 Å². The Bertz CT molecular complexity index is 169. The summed E-state index contributed by atoms with van der Waals surface area (Å²) in [5, 5.41) is 3.34. The molecule has 2 nitrogen and oxygen atoms in total. The summed E-state index contributed by atoms with van der Waals surface area (Å²) in [6, 6.07) is 0. The zero-order valence-electron chi connectivity index (χ0n) is 8.31. The van der Waals surface area contributed by atoms with E-state index in [1.54, 1.807) is 6.92 Å². The number of carbonyl (C=O) groups is 1. The van der Waals surface area contributed by atoms with E-state index in [0.717, 1.165) is 13.1 Å². The summed E-state index contributed by atoms with van der Waals surface area (Å²) < 4.78 is 0. The first-order valence-electron chi connectivity index (χ1n) is 4.77. The Hall–Kier alpha value is -0.370. The van der Waals surface area contributed by atoms with Gasteiger partial charge in [-0.1, -0.05) is 13.8 Å². The van der Waals surface area contributed by atoms with E-state index in [1.807, 2.05) is 0 Å². The predicted octanol–water partition coefficient (Wildman–Crippen LogP) is 1.60. The Morgan fingerprint density at radius 3 is 2.58 bits per heavy atom. The Labute approximate surface area is 74.7 Å². The van der Waals surface area contributed by atoms with Crippen LogP contribution >= 0.6 is 0 Å². The van der Waals surface area contributed by atoms with Gasteiger partial charge in [0.15, 0.2) is 0 Å². The summed E-state index contributed by atoms with van der Waals surface area (Å²) in [5.74, 6) is 0.847. The zero-order valence-corrected chi connectivity index (χ0v) is 8.31. The third-order valence-electron chi connectivity index (χ3n) is 3.22. The fourth-order valence-corrected chi connectivity index (χ4v) is 1.76. The number of hydrogen-bond donors (Lipinski definition) is 1. The van der Waals surface area contributed by atoms with Crippen molar-refractivity contribution in [2.75, 3.05) is 13.1 Å². The van der Waals surface area contributed by atoms with Crippen LogP contribution in [0.2, 0.25) is 0 Å². The minimum absolute atomic E-state index is 0.132. The highest BCUT2D eigenvalue weighted by Gasteiger charge is 2.34. The summed E-state index contributed by atoms with van der Waals surface area (Å²) in [7, 11) is 0. The Balaban J connectivity index is 2.59. The maximum atomic E-state index is 11.3. The molecule has 1 rings (SSSR count). The van der Waals surface area contributed by atoms with E-state index < -0.39 is 0 Å². The molecule has 1 fully saturated rings. The van der Waals surface area contributed by atoms with E-state index in [2.05, 4.69) is 19.2 Å². The molecule has 0 saturated carbocycles. The fourth-order valence-electron chi connectivity index (χ4n) is 1.76. The second-order valence-electron chi connectivity index (χ2n) is 4.32. The van der Waals surface area contributed by atoms with E-state index in [0.29, 0.717) is 11.7 Å². The molecule has 1 saturated heterocycles. The highest BCUT2D eigenvalue weighted by Crippen LogP contribution is 2.32. The molecule has 0 aromatic rings. The maximum absolute atomic E-state index is 11.3. The lowest BCUT2D eigenvalue weighted by atomic mass is 9.72. The first kappa shape index (κ1) is 9.72. The molecule has 0 bridgehead atoms. The minimum atomic E-state index is -0.132. The number of nitrogens with one attached hydrogen (secondary N) is 1. The van der Waals surface area contributed by atoms with Crippen molar-refractivity contribution in [1.82, 2.24) is 5.32 Å². The summed E-state index contributed by atoms with van der Waals surface area (Å²) >= 11 is 0. The van der Waals surface area contributed by atoms with Crippen molar-refractivity contribution in [2.45, 2.75) is 33.6 Å². The molecule has 0 radical (unpaired) electrons. The van der Waals surface area contributed by atoms with Gasteiger partial charge in [0, 0.05) is 5.41 Å². The van der Waals surface area contributed by atoms with Crippen LogP contribution in [0.4, 0.5) is 0 Å². The summed E-state index contributed by atoms with van der Waals surface area (Å²) in [6.07, 6.45) is 2.40. The maximum Gasteiger partial charge on any atom is 0.135 e. The predicted molar refractivity (Wildman–Crippen MR) is 50.1 cm³/mol. The highest BCUT2D eigenvalue weighted by molar-refractivity contribution is 5.81. The van der Waals surface area contributed by atoms with Gasteiger partial charge in [0.1, 0.15) is 5.78 Å². The molecule has 0 spiro atoms. The molecule has 12 heavy (non-hydrogen) atoms. The number of Topliss-reactive ketones (excluding diaryl/α,β-unsaturated/α-hetero) is 1. The molecule has 2 heteroatoms. The number of hydrogen-bond acceptors (Lipinski definition) is 2. The van der Waals surface area contributed by atoms with E-state index >= 15 is 0 Å². The lowest BCUT2D eigenvalue weighted by Crippen LogP contribution is -2.41. The standard InChI is InChI=1S/C10H19NO/c1-8(12)10(2,3)9-5-4-6-11-7-9/h9,11H,4-7H2,1-3H3/t9-/m1/s1. The van der Waals surface area contributed by atoms with Gasteiger partial charge in [-0.25, -0.2) is 0 Å². The average Bonchev–Trinajstić information content (AvgIpc) is 2.06. The van der Waals surface area contributed by atoms with Gasteiger partial charge in [-0.2, -0.15) is 0 Å². The van der Waals surface area contributed by atoms with Gasteiger partial charge >= 0.3 is 0 Å². The topological polar surface area (TPSA) is 29.1 Å². The Morgan fingerprint density at radius 2 is 2.17 bits per heavy atom. The van der Waals surface area contributed by atoms with Crippen molar-refractivity contribution >= 4 is 5.78 Å². The summed E-state index contributed by atoms with van der Waals surface area (Å²) in [5.41, 5.74) is -0.132. The molecule has 0 aliphatic carbocycles. The zero-order chi connectivity index (χ0) is 9.19. The van der Waals surface area contributed by atoms with Gasteiger partial charge in [0.05, 0.1) is 0 Å². The first-order valence-corrected chi connectivity index (χ1v) is 4.77. The average molecular weight is 169 g/mol. The van der Waals surface area contributed by atoms with E-state index in [9.17, 15) is 4.79 Å². The summed E-state index contributed by atoms with van der Waals surface area (Å²) in [6.45, 7) is 7.95. The van der Waals surface area contributed by atoms with Crippen LogP contribution in [0, 0.1) is 11.3 Å². The number of rotatable bonds is 2. The van der Waals surface area contributed by atoms with Gasteiger partial charge in [-0.05, 0) is 38.8 Å². The smallest absolute Gasteiger partial charge is 0.135 e. The van der Waals surface area contributed by atoms with Crippen LogP contribution in [0.25, 0.3) is 0 Å². The largest absolute Gasteiger partial charge is 0.316 e.